The molecule has 1 aromatic rings. The molecule has 146 valence electrons. The molecule has 0 aliphatic heterocycles. The largest absolute Gasteiger partial charge is 0.490 e. The average Bonchev–Trinajstić information content (AvgIpc) is 2.58. The Labute approximate surface area is 157 Å². The molecule has 0 spiro atoms. The van der Waals surface area contributed by atoms with E-state index in [4.69, 9.17) is 14.2 Å². The number of rotatable bonds is 11. The second kappa shape index (κ2) is 11.6. The van der Waals surface area contributed by atoms with Gasteiger partial charge in [-0.3, -0.25) is 0 Å². The van der Waals surface area contributed by atoms with Gasteiger partial charge < -0.3 is 19.5 Å². The molecule has 0 saturated heterocycles. The fraction of sp³-hybridized carbons (Fsp3) is 0.571. The zero-order chi connectivity index (χ0) is 19.4. The lowest BCUT2D eigenvalue weighted by Crippen LogP contribution is -2.36. The Morgan fingerprint density at radius 2 is 1.88 bits per heavy atom. The molecule has 0 aromatic heterocycles. The van der Waals surface area contributed by atoms with Crippen LogP contribution in [-0.2, 0) is 9.53 Å². The molecule has 0 saturated carbocycles. The predicted molar refractivity (Wildman–Crippen MR) is 106 cm³/mol. The van der Waals surface area contributed by atoms with Gasteiger partial charge in [0.05, 0.1) is 19.8 Å². The van der Waals surface area contributed by atoms with Crippen molar-refractivity contribution in [3.05, 3.63) is 29.8 Å². The molecule has 26 heavy (non-hydrogen) atoms. The number of carbonyl (C=O) groups excluding carboxylic acids is 1. The lowest BCUT2D eigenvalue weighted by molar-refractivity contribution is -0.137. The van der Waals surface area contributed by atoms with Gasteiger partial charge in [0.2, 0.25) is 0 Å². The van der Waals surface area contributed by atoms with Gasteiger partial charge in [0.1, 0.15) is 0 Å². The number of benzene rings is 1. The van der Waals surface area contributed by atoms with Gasteiger partial charge in [-0.25, -0.2) is 4.79 Å². The van der Waals surface area contributed by atoms with Gasteiger partial charge >= 0.3 is 5.97 Å². The Hall–Kier alpha value is -2.01. The van der Waals surface area contributed by atoms with E-state index in [0.29, 0.717) is 25.6 Å². The topological polar surface area (TPSA) is 56.8 Å². The Morgan fingerprint density at radius 3 is 2.54 bits per heavy atom. The van der Waals surface area contributed by atoms with E-state index < -0.39 is 0 Å². The van der Waals surface area contributed by atoms with Crippen LogP contribution in [0, 0.1) is 0 Å². The minimum Gasteiger partial charge on any atom is -0.490 e. The molecule has 5 heteroatoms. The first-order valence-corrected chi connectivity index (χ1v) is 9.35. The molecule has 0 fully saturated rings. The van der Waals surface area contributed by atoms with E-state index in [1.165, 1.54) is 6.08 Å². The van der Waals surface area contributed by atoms with Crippen molar-refractivity contribution in [3.8, 4) is 11.5 Å². The monoisotopic (exact) mass is 363 g/mol. The summed E-state index contributed by atoms with van der Waals surface area (Å²) in [5, 5.41) is 3.36. The van der Waals surface area contributed by atoms with Gasteiger partial charge in [0.15, 0.2) is 11.5 Å². The molecule has 0 aliphatic rings. The van der Waals surface area contributed by atoms with Gasteiger partial charge in [-0.2, -0.15) is 0 Å². The number of carbonyl (C=O) groups is 1. The summed E-state index contributed by atoms with van der Waals surface area (Å²) in [6, 6.07) is 5.62. The molecule has 0 aliphatic carbocycles. The molecule has 0 amide bonds. The van der Waals surface area contributed by atoms with Crippen LogP contribution in [0.15, 0.2) is 24.3 Å². The summed E-state index contributed by atoms with van der Waals surface area (Å²) in [5.41, 5.74) is 0.943. The molecule has 0 bridgehead atoms. The fourth-order valence-corrected chi connectivity index (χ4v) is 2.15. The van der Waals surface area contributed by atoms with Crippen LogP contribution in [0.2, 0.25) is 0 Å². The predicted octanol–water partition coefficient (Wildman–Crippen LogP) is 4.21. The molecule has 5 nitrogen and oxygen atoms in total. The van der Waals surface area contributed by atoms with Crippen LogP contribution < -0.4 is 14.8 Å². The van der Waals surface area contributed by atoms with Crippen molar-refractivity contribution in [1.82, 2.24) is 5.32 Å². The van der Waals surface area contributed by atoms with Crippen LogP contribution in [0.5, 0.6) is 11.5 Å². The van der Waals surface area contributed by atoms with Crippen molar-refractivity contribution >= 4 is 12.0 Å². The standard InChI is InChI=1S/C21H33NO4/c1-6-14-25-18-11-9-17(16-19(18)24-7-2)10-12-20(23)26-15-8-13-22-21(3,4)5/h9-12,16,22H,6-8,13-15H2,1-5H3. The van der Waals surface area contributed by atoms with Crippen LogP contribution in [0.4, 0.5) is 0 Å². The maximum atomic E-state index is 11.8. The van der Waals surface area contributed by atoms with Crippen LogP contribution in [0.3, 0.4) is 0 Å². The molecule has 0 radical (unpaired) electrons. The van der Waals surface area contributed by atoms with E-state index in [9.17, 15) is 4.79 Å². The highest BCUT2D eigenvalue weighted by Gasteiger charge is 2.08. The number of hydrogen-bond acceptors (Lipinski definition) is 5. The molecular weight excluding hydrogens is 330 g/mol. The summed E-state index contributed by atoms with van der Waals surface area (Å²) < 4.78 is 16.5. The zero-order valence-electron chi connectivity index (χ0n) is 16.8. The average molecular weight is 363 g/mol. The van der Waals surface area contributed by atoms with Gasteiger partial charge in [0.25, 0.3) is 0 Å². The third-order valence-corrected chi connectivity index (χ3v) is 3.36. The van der Waals surface area contributed by atoms with E-state index in [1.807, 2.05) is 25.1 Å². The molecule has 0 atom stereocenters. The van der Waals surface area contributed by atoms with Crippen molar-refractivity contribution in [2.75, 3.05) is 26.4 Å². The number of ether oxygens (including phenoxy) is 3. The maximum Gasteiger partial charge on any atom is 0.330 e. The highest BCUT2D eigenvalue weighted by Crippen LogP contribution is 2.29. The van der Waals surface area contributed by atoms with E-state index in [1.54, 1.807) is 6.08 Å². The van der Waals surface area contributed by atoms with E-state index in [0.717, 1.165) is 30.7 Å². The Bertz CT molecular complexity index is 576. The van der Waals surface area contributed by atoms with Crippen LogP contribution in [0.25, 0.3) is 6.08 Å². The first-order valence-electron chi connectivity index (χ1n) is 9.35. The summed E-state index contributed by atoms with van der Waals surface area (Å²) >= 11 is 0. The quantitative estimate of drug-likeness (QED) is 0.363. The van der Waals surface area contributed by atoms with Crippen molar-refractivity contribution in [2.45, 2.75) is 53.0 Å². The minimum absolute atomic E-state index is 0.0786. The van der Waals surface area contributed by atoms with Crippen LogP contribution >= 0.6 is 0 Å². The smallest absolute Gasteiger partial charge is 0.330 e. The molecule has 0 unspecified atom stereocenters. The van der Waals surface area contributed by atoms with Crippen molar-refractivity contribution in [3.63, 3.8) is 0 Å². The zero-order valence-corrected chi connectivity index (χ0v) is 16.8. The van der Waals surface area contributed by atoms with Crippen molar-refractivity contribution in [1.29, 1.82) is 0 Å². The molecule has 1 aromatic carbocycles. The summed E-state index contributed by atoms with van der Waals surface area (Å²) in [5.74, 6) is 1.06. The third-order valence-electron chi connectivity index (χ3n) is 3.36. The lowest BCUT2D eigenvalue weighted by Gasteiger charge is -2.20. The summed E-state index contributed by atoms with van der Waals surface area (Å²) in [4.78, 5) is 11.8. The molecule has 1 rings (SSSR count). The molecule has 0 heterocycles. The first kappa shape index (κ1) is 22.0. The number of nitrogens with one attached hydrogen (secondary N) is 1. The second-order valence-electron chi connectivity index (χ2n) is 7.02. The van der Waals surface area contributed by atoms with Gasteiger partial charge in [-0.1, -0.05) is 13.0 Å². The Morgan fingerprint density at radius 1 is 1.12 bits per heavy atom. The first-order chi connectivity index (χ1) is 12.4. The van der Waals surface area contributed by atoms with Gasteiger partial charge in [-0.15, -0.1) is 0 Å². The van der Waals surface area contributed by atoms with E-state index in [2.05, 4.69) is 33.0 Å². The fourth-order valence-electron chi connectivity index (χ4n) is 2.15. The van der Waals surface area contributed by atoms with E-state index >= 15 is 0 Å². The summed E-state index contributed by atoms with van der Waals surface area (Å²) in [6.07, 6.45) is 4.88. The highest BCUT2D eigenvalue weighted by atomic mass is 16.5. The normalized spacial score (nSPS) is 11.6. The lowest BCUT2D eigenvalue weighted by atomic mass is 10.1. The number of hydrogen-bond donors (Lipinski definition) is 1. The molecule has 1 N–H and O–H groups in total. The second-order valence-corrected chi connectivity index (χ2v) is 7.02. The van der Waals surface area contributed by atoms with Crippen molar-refractivity contribution in [2.24, 2.45) is 0 Å². The SMILES string of the molecule is CCCOc1ccc(C=CC(=O)OCCCNC(C)(C)C)cc1OCC. The number of esters is 1. The highest BCUT2D eigenvalue weighted by molar-refractivity contribution is 5.87. The summed E-state index contributed by atoms with van der Waals surface area (Å²) in [6.45, 7) is 12.7. The van der Waals surface area contributed by atoms with Gasteiger partial charge in [0, 0.05) is 11.6 Å². The Kier molecular flexibility index (Phi) is 9.81. The van der Waals surface area contributed by atoms with Crippen LogP contribution in [-0.4, -0.2) is 37.9 Å². The summed E-state index contributed by atoms with van der Waals surface area (Å²) in [7, 11) is 0. The minimum atomic E-state index is -0.343. The molecular formula is C21H33NO4. The third kappa shape index (κ3) is 9.47. The van der Waals surface area contributed by atoms with Crippen LogP contribution in [0.1, 0.15) is 53.0 Å². The van der Waals surface area contributed by atoms with E-state index in [-0.39, 0.29) is 11.5 Å². The maximum absolute atomic E-state index is 11.8. The van der Waals surface area contributed by atoms with Crippen molar-refractivity contribution < 1.29 is 19.0 Å². The Balaban J connectivity index is 2.50. The van der Waals surface area contributed by atoms with Gasteiger partial charge in [-0.05, 0) is 70.9 Å².